The van der Waals surface area contributed by atoms with Crippen molar-refractivity contribution in [2.45, 2.75) is 38.0 Å². The Morgan fingerprint density at radius 2 is 1.42 bits per heavy atom. The number of fused-ring (bicyclic) bond motifs is 4. The highest BCUT2D eigenvalue weighted by molar-refractivity contribution is 6.25. The van der Waals surface area contributed by atoms with Crippen molar-refractivity contribution in [3.8, 4) is 11.5 Å². The standard InChI is InChI=1S/C36H28F6N2O6/c1-34-25(31(47)44(33(34)49)19-7-4-3-5-8-19)16-24-21(28(34)23-9-6-10-26(50-2)29(23)45)11-12-22-27(24)32(48)43(30(22)46)20-14-17(35(37,38)39)13-18(15-20)36(40,41)42/h3-11,13-15,22,24-25,27-28,45H,12,16H2,1-2H3. The average molecular weight is 699 g/mol. The SMILES string of the molecule is COc1cccc(C2C3=CCC4C(=O)N(c5cc(C(F)(F)F)cc(C(F)(F)F)c5)C(=O)C4C3CC3C(=O)N(c4ccccc4)C(=O)C32C)c1O. The Kier molecular flexibility index (Phi) is 7.47. The van der Waals surface area contributed by atoms with E-state index in [2.05, 4.69) is 0 Å². The number of imide groups is 2. The fourth-order valence-electron chi connectivity index (χ4n) is 8.44. The van der Waals surface area contributed by atoms with Crippen molar-refractivity contribution in [1.29, 1.82) is 0 Å². The van der Waals surface area contributed by atoms with Crippen molar-refractivity contribution in [3.05, 3.63) is 95.1 Å². The van der Waals surface area contributed by atoms with Crippen LogP contribution in [-0.2, 0) is 31.5 Å². The summed E-state index contributed by atoms with van der Waals surface area (Å²) in [5, 5.41) is 11.4. The lowest BCUT2D eigenvalue weighted by Crippen LogP contribution is -2.48. The molecule has 3 aromatic rings. The summed E-state index contributed by atoms with van der Waals surface area (Å²) < 4.78 is 87.8. The molecule has 3 aromatic carbocycles. The predicted octanol–water partition coefficient (Wildman–Crippen LogP) is 6.87. The number of nitrogens with zero attached hydrogens (tertiary/aromatic N) is 2. The van der Waals surface area contributed by atoms with Crippen LogP contribution in [-0.4, -0.2) is 35.8 Å². The number of benzene rings is 3. The minimum atomic E-state index is -5.22. The molecule has 6 unspecified atom stereocenters. The monoisotopic (exact) mass is 698 g/mol. The Hall–Kier alpha value is -5.14. The van der Waals surface area contributed by atoms with E-state index in [-0.39, 0.29) is 36.0 Å². The molecule has 2 heterocycles. The molecule has 2 saturated heterocycles. The second-order valence-corrected chi connectivity index (χ2v) is 13.2. The number of carbonyl (C=O) groups is 4. The second-order valence-electron chi connectivity index (χ2n) is 13.2. The van der Waals surface area contributed by atoms with Crippen molar-refractivity contribution in [2.24, 2.45) is 29.1 Å². The third-order valence-electron chi connectivity index (χ3n) is 10.7. The van der Waals surface area contributed by atoms with Crippen molar-refractivity contribution < 1.29 is 55.4 Å². The van der Waals surface area contributed by atoms with E-state index in [0.717, 1.165) is 4.90 Å². The number of rotatable bonds is 4. The van der Waals surface area contributed by atoms with E-state index in [4.69, 9.17) is 4.74 Å². The first kappa shape index (κ1) is 33.4. The number of alkyl halides is 6. The van der Waals surface area contributed by atoms with Crippen molar-refractivity contribution >= 4 is 35.0 Å². The van der Waals surface area contributed by atoms with Gasteiger partial charge >= 0.3 is 12.4 Å². The molecule has 14 heteroatoms. The molecule has 1 saturated carbocycles. The topological polar surface area (TPSA) is 104 Å². The quantitative estimate of drug-likeness (QED) is 0.181. The van der Waals surface area contributed by atoms with Gasteiger partial charge in [0, 0.05) is 11.5 Å². The van der Waals surface area contributed by atoms with Gasteiger partial charge in [-0.25, -0.2) is 9.80 Å². The summed E-state index contributed by atoms with van der Waals surface area (Å²) in [6.45, 7) is 1.60. The van der Waals surface area contributed by atoms with Crippen LogP contribution in [0.4, 0.5) is 37.7 Å². The number of carbonyl (C=O) groups excluding carboxylic acids is 4. The van der Waals surface area contributed by atoms with Crippen molar-refractivity contribution in [1.82, 2.24) is 0 Å². The number of phenolic OH excluding ortho intramolecular Hbond substituents is 1. The smallest absolute Gasteiger partial charge is 0.416 e. The highest BCUT2D eigenvalue weighted by Crippen LogP contribution is 2.65. The van der Waals surface area contributed by atoms with Crippen molar-refractivity contribution in [3.63, 3.8) is 0 Å². The summed E-state index contributed by atoms with van der Waals surface area (Å²) >= 11 is 0. The fourth-order valence-corrected chi connectivity index (χ4v) is 8.44. The van der Waals surface area contributed by atoms with Crippen molar-refractivity contribution in [2.75, 3.05) is 16.9 Å². The molecule has 0 radical (unpaired) electrons. The van der Waals surface area contributed by atoms with Gasteiger partial charge < -0.3 is 9.84 Å². The number of anilines is 2. The Morgan fingerprint density at radius 1 is 0.780 bits per heavy atom. The van der Waals surface area contributed by atoms with Crippen LogP contribution in [0, 0.1) is 29.1 Å². The number of phenols is 1. The molecule has 0 spiro atoms. The first-order valence-corrected chi connectivity index (χ1v) is 15.7. The fraction of sp³-hybridized carbons (Fsp3) is 0.333. The predicted molar refractivity (Wildman–Crippen MR) is 165 cm³/mol. The van der Waals surface area contributed by atoms with Crippen LogP contribution >= 0.6 is 0 Å². The number of hydrogen-bond acceptors (Lipinski definition) is 6. The lowest BCUT2D eigenvalue weighted by Gasteiger charge is -2.49. The minimum absolute atomic E-state index is 0.0686. The number of aromatic hydroxyl groups is 1. The maximum Gasteiger partial charge on any atom is 0.416 e. The molecule has 50 heavy (non-hydrogen) atoms. The van der Waals surface area contributed by atoms with Gasteiger partial charge in [0.2, 0.25) is 23.6 Å². The average Bonchev–Trinajstić information content (AvgIpc) is 3.44. The normalized spacial score (nSPS) is 28.0. The van der Waals surface area contributed by atoms with Crippen LogP contribution in [0.2, 0.25) is 0 Å². The molecule has 4 aliphatic rings. The number of allylic oxidation sites excluding steroid dienone is 2. The number of hydrogen-bond donors (Lipinski definition) is 1. The van der Waals surface area contributed by atoms with Gasteiger partial charge in [-0.2, -0.15) is 26.3 Å². The van der Waals surface area contributed by atoms with E-state index in [0.29, 0.717) is 28.3 Å². The largest absolute Gasteiger partial charge is 0.504 e. The van der Waals surface area contributed by atoms with Crippen LogP contribution in [0.1, 0.15) is 42.4 Å². The molecule has 260 valence electrons. The summed E-state index contributed by atoms with van der Waals surface area (Å²) in [4.78, 5) is 58.1. The first-order chi connectivity index (χ1) is 23.5. The summed E-state index contributed by atoms with van der Waals surface area (Å²) in [5.74, 6) is -8.90. The number of halogens is 6. The van der Waals surface area contributed by atoms with E-state index in [9.17, 15) is 50.6 Å². The lowest BCUT2D eigenvalue weighted by atomic mass is 9.51. The number of para-hydroxylation sites is 2. The molecule has 8 nitrogen and oxygen atoms in total. The van der Waals surface area contributed by atoms with E-state index >= 15 is 0 Å². The van der Waals surface area contributed by atoms with Gasteiger partial charge in [0.1, 0.15) is 0 Å². The van der Waals surface area contributed by atoms with E-state index in [1.54, 1.807) is 55.5 Å². The molecule has 2 aliphatic heterocycles. The van der Waals surface area contributed by atoms with Gasteiger partial charge in [0.25, 0.3) is 0 Å². The highest BCUT2D eigenvalue weighted by Gasteiger charge is 2.68. The summed E-state index contributed by atoms with van der Waals surface area (Å²) in [5.41, 5.74) is -4.80. The maximum atomic E-state index is 14.5. The van der Waals surface area contributed by atoms with Crippen LogP contribution in [0.15, 0.2) is 78.4 Å². The Balaban J connectivity index is 1.37. The van der Waals surface area contributed by atoms with Gasteiger partial charge in [-0.3, -0.25) is 19.2 Å². The molecule has 3 fully saturated rings. The second kappa shape index (κ2) is 11.2. The summed E-state index contributed by atoms with van der Waals surface area (Å²) in [6.07, 6.45) is -9.05. The van der Waals surface area contributed by atoms with Crippen LogP contribution in [0.3, 0.4) is 0 Å². The zero-order chi connectivity index (χ0) is 36.1. The molecule has 1 N–H and O–H groups in total. The van der Waals surface area contributed by atoms with E-state index in [1.165, 1.54) is 13.2 Å². The van der Waals surface area contributed by atoms with Crippen LogP contribution < -0.4 is 14.5 Å². The van der Waals surface area contributed by atoms with Gasteiger partial charge in [0.05, 0.1) is 52.8 Å². The van der Waals surface area contributed by atoms with Gasteiger partial charge in [0.15, 0.2) is 11.5 Å². The molecule has 7 rings (SSSR count). The number of ether oxygens (including phenoxy) is 1. The molecule has 6 atom stereocenters. The third-order valence-corrected chi connectivity index (χ3v) is 10.7. The molecule has 0 aromatic heterocycles. The zero-order valence-corrected chi connectivity index (χ0v) is 26.4. The Labute approximate surface area is 280 Å². The Morgan fingerprint density at radius 3 is 2.02 bits per heavy atom. The van der Waals surface area contributed by atoms with Crippen LogP contribution in [0.5, 0.6) is 11.5 Å². The summed E-state index contributed by atoms with van der Waals surface area (Å²) in [6, 6.07) is 13.4. The highest BCUT2D eigenvalue weighted by atomic mass is 19.4. The lowest BCUT2D eigenvalue weighted by molar-refractivity contribution is -0.143. The van der Waals surface area contributed by atoms with Gasteiger partial charge in [-0.1, -0.05) is 42.0 Å². The van der Waals surface area contributed by atoms with E-state index < -0.39 is 87.8 Å². The third kappa shape index (κ3) is 4.74. The molecular weight excluding hydrogens is 670 g/mol. The van der Waals surface area contributed by atoms with Gasteiger partial charge in [-0.15, -0.1) is 0 Å². The minimum Gasteiger partial charge on any atom is -0.504 e. The van der Waals surface area contributed by atoms with E-state index in [1.807, 2.05) is 0 Å². The molecule has 4 amide bonds. The number of methoxy groups -OCH3 is 1. The molecular formula is C36H28F6N2O6. The zero-order valence-electron chi connectivity index (χ0n) is 26.4. The molecule has 0 bridgehead atoms. The van der Waals surface area contributed by atoms with Crippen LogP contribution in [0.25, 0.3) is 0 Å². The summed E-state index contributed by atoms with van der Waals surface area (Å²) in [7, 11) is 1.33. The molecule has 2 aliphatic carbocycles. The number of amides is 4. The first-order valence-electron chi connectivity index (χ1n) is 15.7. The maximum absolute atomic E-state index is 14.5. The Bertz CT molecular complexity index is 1960. The van der Waals surface area contributed by atoms with Gasteiger partial charge in [-0.05, 0) is 62.1 Å².